The van der Waals surface area contributed by atoms with Crippen molar-refractivity contribution in [3.63, 3.8) is 0 Å². The molecule has 0 aromatic heterocycles. The average Bonchev–Trinajstić information content (AvgIpc) is 2.46. The van der Waals surface area contributed by atoms with E-state index in [-0.39, 0.29) is 17.3 Å². The smallest absolute Gasteiger partial charge is 0.266 e. The molecule has 2 aromatic rings. The van der Waals surface area contributed by atoms with Crippen LogP contribution in [0.2, 0.25) is 0 Å². The number of rotatable bonds is 5. The van der Waals surface area contributed by atoms with Crippen molar-refractivity contribution in [2.75, 3.05) is 6.61 Å². The number of hydrogen-bond donors (Lipinski definition) is 0. The topological polar surface area (TPSA) is 43.4 Å². The van der Waals surface area contributed by atoms with Gasteiger partial charge in [0.2, 0.25) is 0 Å². The number of hydrogen-bond acceptors (Lipinski definition) is 3. The van der Waals surface area contributed by atoms with Gasteiger partial charge >= 0.3 is 0 Å². The van der Waals surface area contributed by atoms with Gasteiger partial charge in [-0.15, -0.1) is 0 Å². The van der Waals surface area contributed by atoms with Crippen LogP contribution in [-0.2, 0) is 14.3 Å². The first-order valence-corrected chi connectivity index (χ1v) is 8.11. The van der Waals surface area contributed by atoms with Gasteiger partial charge in [-0.3, -0.25) is 4.18 Å². The molecule has 0 saturated carbocycles. The van der Waals surface area contributed by atoms with Crippen molar-refractivity contribution in [3.05, 3.63) is 53.8 Å². The predicted octanol–water partition coefficient (Wildman–Crippen LogP) is 3.92. The van der Waals surface area contributed by atoms with Gasteiger partial charge in [0.25, 0.3) is 10.1 Å². The molecule has 0 amide bonds. The monoisotopic (exact) mass is 308 g/mol. The summed E-state index contributed by atoms with van der Waals surface area (Å²) in [7, 11) is -3.80. The van der Waals surface area contributed by atoms with Crippen LogP contribution >= 0.6 is 0 Å². The molecule has 2 aromatic carbocycles. The van der Waals surface area contributed by atoms with E-state index in [2.05, 4.69) is 0 Å². The third-order valence-corrected chi connectivity index (χ3v) is 4.41. The maximum absolute atomic E-state index is 13.9. The van der Waals surface area contributed by atoms with Crippen molar-refractivity contribution in [2.24, 2.45) is 0 Å². The van der Waals surface area contributed by atoms with Gasteiger partial charge in [-0.2, -0.15) is 8.42 Å². The van der Waals surface area contributed by atoms with E-state index in [1.807, 2.05) is 13.8 Å². The van der Waals surface area contributed by atoms with Crippen molar-refractivity contribution in [3.8, 4) is 11.1 Å². The minimum absolute atomic E-state index is 0.0415. The lowest BCUT2D eigenvalue weighted by molar-refractivity contribution is 0.318. The molecule has 2 rings (SSSR count). The normalized spacial score (nSPS) is 11.6. The highest BCUT2D eigenvalue weighted by atomic mass is 32.2. The van der Waals surface area contributed by atoms with Gasteiger partial charge in [0.05, 0.1) is 11.5 Å². The first kappa shape index (κ1) is 15.7. The van der Waals surface area contributed by atoms with Gasteiger partial charge in [-0.1, -0.05) is 31.2 Å². The van der Waals surface area contributed by atoms with E-state index in [1.54, 1.807) is 24.3 Å². The maximum atomic E-state index is 13.9. The molecule has 0 bridgehead atoms. The van der Waals surface area contributed by atoms with Gasteiger partial charge in [-0.05, 0) is 42.7 Å². The molecule has 112 valence electrons. The third-order valence-electron chi connectivity index (χ3n) is 3.10. The lowest BCUT2D eigenvalue weighted by Gasteiger charge is -2.10. The lowest BCUT2D eigenvalue weighted by atomic mass is 10.0. The molecular formula is C16H17FO3S. The Balaban J connectivity index is 2.51. The van der Waals surface area contributed by atoms with Gasteiger partial charge in [-0.25, -0.2) is 4.39 Å². The quantitative estimate of drug-likeness (QED) is 0.786. The van der Waals surface area contributed by atoms with Crippen LogP contribution in [0.15, 0.2) is 47.4 Å². The third kappa shape index (κ3) is 3.49. The fourth-order valence-corrected chi connectivity index (χ4v) is 3.01. The first-order chi connectivity index (χ1) is 9.95. The van der Waals surface area contributed by atoms with Crippen LogP contribution in [-0.4, -0.2) is 15.0 Å². The fraction of sp³-hybridized carbons (Fsp3) is 0.250. The van der Waals surface area contributed by atoms with E-state index in [4.69, 9.17) is 4.18 Å². The molecule has 0 saturated heterocycles. The fourth-order valence-electron chi connectivity index (χ4n) is 1.99. The van der Waals surface area contributed by atoms with Crippen molar-refractivity contribution in [1.82, 2.24) is 0 Å². The Bertz CT molecular complexity index is 739. The standard InChI is InChI=1S/C16H17FO3S/c1-3-10-20-21(18,19)13-9-8-12(2)15(11-13)14-6-4-5-7-16(14)17/h4-9,11H,3,10H2,1-2H3. The summed E-state index contributed by atoms with van der Waals surface area (Å²) >= 11 is 0. The van der Waals surface area contributed by atoms with Crippen LogP contribution in [0.4, 0.5) is 4.39 Å². The van der Waals surface area contributed by atoms with Crippen LogP contribution in [0, 0.1) is 12.7 Å². The Hall–Kier alpha value is -1.72. The Morgan fingerprint density at radius 3 is 2.48 bits per heavy atom. The molecule has 3 nitrogen and oxygen atoms in total. The highest BCUT2D eigenvalue weighted by Crippen LogP contribution is 2.29. The van der Waals surface area contributed by atoms with E-state index >= 15 is 0 Å². The van der Waals surface area contributed by atoms with Crippen LogP contribution < -0.4 is 0 Å². The molecule has 0 heterocycles. The zero-order valence-corrected chi connectivity index (χ0v) is 12.8. The zero-order chi connectivity index (χ0) is 15.5. The first-order valence-electron chi connectivity index (χ1n) is 6.70. The summed E-state index contributed by atoms with van der Waals surface area (Å²) in [6, 6.07) is 10.9. The molecular weight excluding hydrogens is 291 g/mol. The molecule has 0 atom stereocenters. The number of aryl methyl sites for hydroxylation is 1. The largest absolute Gasteiger partial charge is 0.296 e. The van der Waals surface area contributed by atoms with Gasteiger partial charge in [0.1, 0.15) is 5.82 Å². The molecule has 21 heavy (non-hydrogen) atoms. The predicted molar refractivity (Wildman–Crippen MR) is 80.0 cm³/mol. The van der Waals surface area contributed by atoms with Crippen molar-refractivity contribution in [1.29, 1.82) is 0 Å². The maximum Gasteiger partial charge on any atom is 0.296 e. The highest BCUT2D eigenvalue weighted by molar-refractivity contribution is 7.86. The molecule has 0 aliphatic carbocycles. The average molecular weight is 308 g/mol. The van der Waals surface area contributed by atoms with Crippen molar-refractivity contribution in [2.45, 2.75) is 25.2 Å². The molecule has 0 aliphatic rings. The van der Waals surface area contributed by atoms with Gasteiger partial charge < -0.3 is 0 Å². The molecule has 0 unspecified atom stereocenters. The van der Waals surface area contributed by atoms with Crippen molar-refractivity contribution < 1.29 is 17.0 Å². The van der Waals surface area contributed by atoms with E-state index < -0.39 is 10.1 Å². The zero-order valence-electron chi connectivity index (χ0n) is 12.0. The second-order valence-electron chi connectivity index (χ2n) is 4.73. The van der Waals surface area contributed by atoms with Crippen molar-refractivity contribution >= 4 is 10.1 Å². The minimum atomic E-state index is -3.80. The Morgan fingerprint density at radius 1 is 1.10 bits per heavy atom. The summed E-state index contributed by atoms with van der Waals surface area (Å²) in [5.74, 6) is -0.385. The summed E-state index contributed by atoms with van der Waals surface area (Å²) in [6.45, 7) is 3.77. The van der Waals surface area contributed by atoms with Gasteiger partial charge in [0, 0.05) is 5.56 Å². The summed E-state index contributed by atoms with van der Waals surface area (Å²) in [5.41, 5.74) is 1.73. The highest BCUT2D eigenvalue weighted by Gasteiger charge is 2.17. The number of halogens is 1. The van der Waals surface area contributed by atoms with Crippen LogP contribution in [0.1, 0.15) is 18.9 Å². The number of benzene rings is 2. The van der Waals surface area contributed by atoms with Gasteiger partial charge in [0.15, 0.2) is 0 Å². The summed E-state index contributed by atoms with van der Waals surface area (Å²) in [4.78, 5) is 0.0415. The van der Waals surface area contributed by atoms with E-state index in [0.29, 0.717) is 17.5 Å². The Kier molecular flexibility index (Phi) is 4.75. The van der Waals surface area contributed by atoms with Crippen LogP contribution in [0.25, 0.3) is 11.1 Å². The van der Waals surface area contributed by atoms with E-state index in [0.717, 1.165) is 5.56 Å². The molecule has 0 fully saturated rings. The molecule has 5 heteroatoms. The molecule has 0 aliphatic heterocycles. The van der Waals surface area contributed by atoms with Crippen LogP contribution in [0.3, 0.4) is 0 Å². The lowest BCUT2D eigenvalue weighted by Crippen LogP contribution is -2.07. The second-order valence-corrected chi connectivity index (χ2v) is 6.35. The van der Waals surface area contributed by atoms with E-state index in [9.17, 15) is 12.8 Å². The molecule has 0 radical (unpaired) electrons. The Morgan fingerprint density at radius 2 is 1.81 bits per heavy atom. The van der Waals surface area contributed by atoms with E-state index in [1.165, 1.54) is 18.2 Å². The SMILES string of the molecule is CCCOS(=O)(=O)c1ccc(C)c(-c2ccccc2F)c1. The summed E-state index contributed by atoms with van der Waals surface area (Å²) in [6.07, 6.45) is 0.602. The molecule has 0 N–H and O–H groups in total. The minimum Gasteiger partial charge on any atom is -0.266 e. The second kappa shape index (κ2) is 6.37. The summed E-state index contributed by atoms with van der Waals surface area (Å²) < 4.78 is 42.9. The van der Waals surface area contributed by atoms with Crippen LogP contribution in [0.5, 0.6) is 0 Å². The summed E-state index contributed by atoms with van der Waals surface area (Å²) in [5, 5.41) is 0. The molecule has 0 spiro atoms. The Labute approximate surface area is 124 Å².